The molecule has 0 unspecified atom stereocenters. The van der Waals surface area contributed by atoms with E-state index in [9.17, 15) is 0 Å². The number of hydrogen-bond acceptors (Lipinski definition) is 3. The van der Waals surface area contributed by atoms with Gasteiger partial charge in [-0.15, -0.1) is 0 Å². The molecule has 0 atom stereocenters. The van der Waals surface area contributed by atoms with Crippen molar-refractivity contribution in [2.24, 2.45) is 5.73 Å². The van der Waals surface area contributed by atoms with Crippen molar-refractivity contribution >= 4 is 0 Å². The Kier molecular flexibility index (Phi) is 3.29. The van der Waals surface area contributed by atoms with Crippen LogP contribution in [0, 0.1) is 6.92 Å². The van der Waals surface area contributed by atoms with Crippen molar-refractivity contribution in [3.05, 3.63) is 23.3 Å². The van der Waals surface area contributed by atoms with Crippen LogP contribution in [0.3, 0.4) is 0 Å². The van der Waals surface area contributed by atoms with Crippen molar-refractivity contribution in [3.63, 3.8) is 0 Å². The van der Waals surface area contributed by atoms with Crippen molar-refractivity contribution in [1.82, 2.24) is 0 Å². The van der Waals surface area contributed by atoms with Gasteiger partial charge in [0, 0.05) is 12.0 Å². The average molecular weight is 235 g/mol. The first-order chi connectivity index (χ1) is 7.96. The fourth-order valence-corrected chi connectivity index (χ4v) is 2.03. The highest BCUT2D eigenvalue weighted by atomic mass is 16.5. The van der Waals surface area contributed by atoms with Crippen molar-refractivity contribution < 1.29 is 9.47 Å². The Morgan fingerprint density at radius 3 is 2.35 bits per heavy atom. The molecule has 0 aliphatic carbocycles. The van der Waals surface area contributed by atoms with Crippen molar-refractivity contribution in [1.29, 1.82) is 0 Å². The fraction of sp³-hybridized carbons (Fsp3) is 0.571. The first-order valence-corrected chi connectivity index (χ1v) is 6.14. The summed E-state index contributed by atoms with van der Waals surface area (Å²) in [4.78, 5) is 0. The second-order valence-electron chi connectivity index (χ2n) is 5.44. The Bertz CT molecular complexity index is 407. The lowest BCUT2D eigenvalue weighted by Crippen LogP contribution is -2.34. The van der Waals surface area contributed by atoms with Crippen LogP contribution in [0.4, 0.5) is 0 Å². The van der Waals surface area contributed by atoms with Gasteiger partial charge in [-0.1, -0.05) is 0 Å². The summed E-state index contributed by atoms with van der Waals surface area (Å²) >= 11 is 0. The zero-order valence-corrected chi connectivity index (χ0v) is 10.9. The normalized spacial score (nSPS) is 15.5. The molecule has 0 bridgehead atoms. The van der Waals surface area contributed by atoms with Crippen LogP contribution in [-0.2, 0) is 6.42 Å². The van der Waals surface area contributed by atoms with Crippen molar-refractivity contribution in [3.8, 4) is 11.5 Å². The average Bonchev–Trinajstić information content (AvgIpc) is 2.41. The summed E-state index contributed by atoms with van der Waals surface area (Å²) in [7, 11) is 0. The molecule has 0 saturated heterocycles. The van der Waals surface area contributed by atoms with Gasteiger partial charge < -0.3 is 15.2 Å². The van der Waals surface area contributed by atoms with Crippen LogP contribution < -0.4 is 15.2 Å². The van der Waals surface area contributed by atoms with Crippen LogP contribution in [0.1, 0.15) is 31.4 Å². The maximum absolute atomic E-state index is 6.07. The fourth-order valence-electron chi connectivity index (χ4n) is 2.03. The number of aryl methyl sites for hydroxylation is 1. The van der Waals surface area contributed by atoms with E-state index in [0.29, 0.717) is 0 Å². The summed E-state index contributed by atoms with van der Waals surface area (Å²) in [6.07, 6.45) is 1.78. The number of fused-ring (bicyclic) bond motifs is 1. The highest BCUT2D eigenvalue weighted by molar-refractivity contribution is 5.47. The molecule has 0 amide bonds. The molecule has 0 aromatic heterocycles. The van der Waals surface area contributed by atoms with Gasteiger partial charge in [0.1, 0.15) is 0 Å². The van der Waals surface area contributed by atoms with E-state index in [-0.39, 0.29) is 5.54 Å². The van der Waals surface area contributed by atoms with E-state index in [1.54, 1.807) is 0 Å². The van der Waals surface area contributed by atoms with Crippen LogP contribution in [0.15, 0.2) is 12.1 Å². The topological polar surface area (TPSA) is 44.5 Å². The van der Waals surface area contributed by atoms with Gasteiger partial charge in [0.25, 0.3) is 0 Å². The predicted molar refractivity (Wildman–Crippen MR) is 68.8 cm³/mol. The lowest BCUT2D eigenvalue weighted by Gasteiger charge is -2.21. The molecular formula is C14H21NO2. The third-order valence-electron chi connectivity index (χ3n) is 2.85. The third kappa shape index (κ3) is 3.13. The number of benzene rings is 1. The Morgan fingerprint density at radius 2 is 1.76 bits per heavy atom. The molecule has 1 aromatic carbocycles. The zero-order chi connectivity index (χ0) is 12.5. The van der Waals surface area contributed by atoms with Crippen LogP contribution in [-0.4, -0.2) is 18.8 Å². The van der Waals surface area contributed by atoms with Gasteiger partial charge in [-0.25, -0.2) is 0 Å². The Labute approximate surface area is 103 Å². The standard InChI is InChI=1S/C14H21NO2/c1-10-7-12-13(17-6-4-5-16-12)8-11(10)9-14(2,3)15/h7-8H,4-6,9,15H2,1-3H3. The quantitative estimate of drug-likeness (QED) is 0.856. The van der Waals surface area contributed by atoms with E-state index in [1.165, 1.54) is 11.1 Å². The van der Waals surface area contributed by atoms with Gasteiger partial charge in [-0.3, -0.25) is 0 Å². The van der Waals surface area contributed by atoms with Gasteiger partial charge in [0.05, 0.1) is 13.2 Å². The third-order valence-corrected chi connectivity index (χ3v) is 2.85. The second kappa shape index (κ2) is 4.57. The molecule has 1 aliphatic rings. The first-order valence-electron chi connectivity index (χ1n) is 6.14. The van der Waals surface area contributed by atoms with E-state index < -0.39 is 0 Å². The molecule has 17 heavy (non-hydrogen) atoms. The summed E-state index contributed by atoms with van der Waals surface area (Å²) in [6, 6.07) is 4.13. The minimum absolute atomic E-state index is 0.204. The molecule has 94 valence electrons. The molecule has 0 saturated carbocycles. The number of rotatable bonds is 2. The van der Waals surface area contributed by atoms with Gasteiger partial charge in [0.15, 0.2) is 11.5 Å². The molecule has 1 heterocycles. The number of hydrogen-bond donors (Lipinski definition) is 1. The van der Waals surface area contributed by atoms with E-state index in [2.05, 4.69) is 19.1 Å². The van der Waals surface area contributed by atoms with Crippen LogP contribution in [0.25, 0.3) is 0 Å². The Hall–Kier alpha value is -1.22. The molecule has 3 nitrogen and oxygen atoms in total. The van der Waals surface area contributed by atoms with E-state index in [1.807, 2.05) is 13.8 Å². The van der Waals surface area contributed by atoms with Crippen LogP contribution in [0.5, 0.6) is 11.5 Å². The monoisotopic (exact) mass is 235 g/mol. The molecule has 1 aliphatic heterocycles. The summed E-state index contributed by atoms with van der Waals surface area (Å²) in [5.41, 5.74) is 8.32. The maximum atomic E-state index is 6.07. The van der Waals surface area contributed by atoms with Gasteiger partial charge in [-0.2, -0.15) is 0 Å². The van der Waals surface area contributed by atoms with E-state index in [4.69, 9.17) is 15.2 Å². The molecular weight excluding hydrogens is 214 g/mol. The largest absolute Gasteiger partial charge is 0.490 e. The summed E-state index contributed by atoms with van der Waals surface area (Å²) < 4.78 is 11.4. The minimum atomic E-state index is -0.204. The van der Waals surface area contributed by atoms with Crippen LogP contribution in [0.2, 0.25) is 0 Å². The number of nitrogens with two attached hydrogens (primary N) is 1. The molecule has 3 heteroatoms. The number of ether oxygens (including phenoxy) is 2. The smallest absolute Gasteiger partial charge is 0.161 e. The molecule has 2 rings (SSSR count). The molecule has 2 N–H and O–H groups in total. The highest BCUT2D eigenvalue weighted by Crippen LogP contribution is 2.33. The highest BCUT2D eigenvalue weighted by Gasteiger charge is 2.17. The lowest BCUT2D eigenvalue weighted by atomic mass is 9.93. The van der Waals surface area contributed by atoms with Crippen molar-refractivity contribution in [2.75, 3.05) is 13.2 Å². The summed E-state index contributed by atoms with van der Waals surface area (Å²) in [5.74, 6) is 1.71. The van der Waals surface area contributed by atoms with E-state index >= 15 is 0 Å². The zero-order valence-electron chi connectivity index (χ0n) is 10.9. The maximum Gasteiger partial charge on any atom is 0.161 e. The minimum Gasteiger partial charge on any atom is -0.490 e. The van der Waals surface area contributed by atoms with Crippen LogP contribution >= 0.6 is 0 Å². The van der Waals surface area contributed by atoms with Crippen molar-refractivity contribution in [2.45, 2.75) is 39.2 Å². The molecule has 1 aromatic rings. The van der Waals surface area contributed by atoms with Gasteiger partial charge in [0.2, 0.25) is 0 Å². The SMILES string of the molecule is Cc1cc2c(cc1CC(C)(C)N)OCCCO2. The molecule has 0 spiro atoms. The second-order valence-corrected chi connectivity index (χ2v) is 5.44. The first kappa shape index (κ1) is 12.2. The molecule has 0 fully saturated rings. The Balaban J connectivity index is 2.32. The van der Waals surface area contributed by atoms with Gasteiger partial charge in [-0.05, 0) is 50.5 Å². The predicted octanol–water partition coefficient (Wildman–Crippen LogP) is 2.44. The van der Waals surface area contributed by atoms with E-state index in [0.717, 1.165) is 37.6 Å². The Morgan fingerprint density at radius 1 is 1.18 bits per heavy atom. The molecule has 0 radical (unpaired) electrons. The summed E-state index contributed by atoms with van der Waals surface area (Å²) in [6.45, 7) is 7.62. The summed E-state index contributed by atoms with van der Waals surface area (Å²) in [5, 5.41) is 0. The van der Waals surface area contributed by atoms with Gasteiger partial charge >= 0.3 is 0 Å². The lowest BCUT2D eigenvalue weighted by molar-refractivity contribution is 0.297.